The maximum Gasteiger partial charge on any atom is 0.345 e. The summed E-state index contributed by atoms with van der Waals surface area (Å²) in [5.74, 6) is -0.144. The molecule has 0 fully saturated rings. The number of carbonyl (C=O) groups excluding carboxylic acids is 1. The zero-order valence-electron chi connectivity index (χ0n) is 8.99. The fourth-order valence-corrected chi connectivity index (χ4v) is 1.95. The van der Waals surface area contributed by atoms with Crippen LogP contribution >= 0.6 is 34.8 Å². The average molecular weight is 302 g/mol. The van der Waals surface area contributed by atoms with Crippen LogP contribution in [0.1, 0.15) is 10.4 Å². The van der Waals surface area contributed by atoms with Crippen molar-refractivity contribution in [3.05, 3.63) is 63.1 Å². The van der Waals surface area contributed by atoms with Crippen LogP contribution in [0.3, 0.4) is 0 Å². The van der Waals surface area contributed by atoms with Gasteiger partial charge in [-0.3, -0.25) is 0 Å². The van der Waals surface area contributed by atoms with Gasteiger partial charge in [0.15, 0.2) is 0 Å². The molecule has 2 nitrogen and oxygen atoms in total. The van der Waals surface area contributed by atoms with Crippen LogP contribution in [0.25, 0.3) is 0 Å². The van der Waals surface area contributed by atoms with E-state index < -0.39 is 5.97 Å². The predicted octanol–water partition coefficient (Wildman–Crippen LogP) is 4.87. The van der Waals surface area contributed by atoms with E-state index in [0.29, 0.717) is 5.75 Å². The van der Waals surface area contributed by atoms with Crippen molar-refractivity contribution in [3.8, 4) is 5.75 Å². The summed E-state index contributed by atoms with van der Waals surface area (Å²) in [6.45, 7) is 0. The van der Waals surface area contributed by atoms with Gasteiger partial charge in [-0.2, -0.15) is 0 Å². The van der Waals surface area contributed by atoms with E-state index in [2.05, 4.69) is 0 Å². The smallest absolute Gasteiger partial charge is 0.345 e. The molecule has 0 aromatic heterocycles. The molecule has 0 aliphatic carbocycles. The molecule has 5 heteroatoms. The minimum Gasteiger partial charge on any atom is -0.423 e. The van der Waals surface area contributed by atoms with Crippen molar-refractivity contribution in [1.82, 2.24) is 0 Å². The lowest BCUT2D eigenvalue weighted by atomic mass is 10.2. The highest BCUT2D eigenvalue weighted by molar-refractivity contribution is 6.44. The third kappa shape index (κ3) is 2.96. The third-order valence-corrected chi connectivity index (χ3v) is 3.22. The van der Waals surface area contributed by atoms with Crippen LogP contribution in [0.4, 0.5) is 0 Å². The van der Waals surface area contributed by atoms with E-state index in [9.17, 15) is 4.79 Å². The maximum atomic E-state index is 11.9. The van der Waals surface area contributed by atoms with Gasteiger partial charge in [-0.15, -0.1) is 0 Å². The van der Waals surface area contributed by atoms with Gasteiger partial charge in [0, 0.05) is 0 Å². The first kappa shape index (κ1) is 13.2. The number of rotatable bonds is 2. The van der Waals surface area contributed by atoms with Crippen LogP contribution in [0.15, 0.2) is 42.5 Å². The Morgan fingerprint density at radius 3 is 2.17 bits per heavy atom. The van der Waals surface area contributed by atoms with Crippen molar-refractivity contribution in [2.24, 2.45) is 0 Å². The molecule has 0 bridgehead atoms. The van der Waals surface area contributed by atoms with Gasteiger partial charge in [-0.1, -0.05) is 53.0 Å². The molecule has 0 aliphatic rings. The molecule has 0 amide bonds. The number of esters is 1. The Kier molecular flexibility index (Phi) is 4.12. The molecule has 92 valence electrons. The number of para-hydroxylation sites is 1. The second-order valence-electron chi connectivity index (χ2n) is 3.45. The van der Waals surface area contributed by atoms with E-state index in [1.807, 2.05) is 6.07 Å². The van der Waals surface area contributed by atoms with Gasteiger partial charge < -0.3 is 4.74 Å². The van der Waals surface area contributed by atoms with E-state index in [1.165, 1.54) is 12.1 Å². The third-order valence-electron chi connectivity index (χ3n) is 2.18. The summed E-state index contributed by atoms with van der Waals surface area (Å²) >= 11 is 17.5. The Balaban J connectivity index is 2.27. The van der Waals surface area contributed by atoms with Crippen molar-refractivity contribution < 1.29 is 9.53 Å². The predicted molar refractivity (Wildman–Crippen MR) is 72.9 cm³/mol. The van der Waals surface area contributed by atoms with Gasteiger partial charge in [0.2, 0.25) is 0 Å². The van der Waals surface area contributed by atoms with Crippen LogP contribution in [-0.4, -0.2) is 5.97 Å². The second kappa shape index (κ2) is 5.61. The van der Waals surface area contributed by atoms with E-state index >= 15 is 0 Å². The molecule has 2 rings (SSSR count). The number of halogens is 3. The summed E-state index contributed by atoms with van der Waals surface area (Å²) in [7, 11) is 0. The number of benzene rings is 2. The summed E-state index contributed by atoms with van der Waals surface area (Å²) in [6, 6.07) is 11.5. The molecule has 0 saturated carbocycles. The molecule has 0 saturated heterocycles. The van der Waals surface area contributed by atoms with E-state index in [0.717, 1.165) is 0 Å². The lowest BCUT2D eigenvalue weighted by Crippen LogP contribution is -2.09. The first-order chi connectivity index (χ1) is 8.58. The topological polar surface area (TPSA) is 26.3 Å². The van der Waals surface area contributed by atoms with Gasteiger partial charge in [-0.25, -0.2) is 4.79 Å². The highest BCUT2D eigenvalue weighted by Gasteiger charge is 2.15. The van der Waals surface area contributed by atoms with Gasteiger partial charge in [-0.05, 0) is 24.3 Å². The van der Waals surface area contributed by atoms with E-state index in [-0.39, 0.29) is 20.6 Å². The zero-order chi connectivity index (χ0) is 13.1. The maximum absolute atomic E-state index is 11.9. The van der Waals surface area contributed by atoms with Gasteiger partial charge in [0.05, 0.1) is 20.6 Å². The highest BCUT2D eigenvalue weighted by atomic mass is 35.5. The summed E-state index contributed by atoms with van der Waals surface area (Å²) in [6.07, 6.45) is 0. The Bertz CT molecular complexity index is 582. The number of ether oxygens (including phenoxy) is 1. The van der Waals surface area contributed by atoms with Crippen LogP contribution in [0.2, 0.25) is 15.1 Å². The fraction of sp³-hybridized carbons (Fsp3) is 0. The van der Waals surface area contributed by atoms with Crippen LogP contribution < -0.4 is 4.74 Å². The molecule has 0 unspecified atom stereocenters. The molecular weight excluding hydrogens is 294 g/mol. The van der Waals surface area contributed by atoms with Crippen molar-refractivity contribution >= 4 is 40.8 Å². The lowest BCUT2D eigenvalue weighted by molar-refractivity contribution is 0.0735. The summed E-state index contributed by atoms with van der Waals surface area (Å²) in [5.41, 5.74) is 0.176. The lowest BCUT2D eigenvalue weighted by Gasteiger charge is -2.07. The molecule has 0 heterocycles. The van der Waals surface area contributed by atoms with Crippen LogP contribution in [0.5, 0.6) is 5.75 Å². The molecule has 0 spiro atoms. The van der Waals surface area contributed by atoms with Gasteiger partial charge in [0.25, 0.3) is 0 Å². The van der Waals surface area contributed by atoms with Crippen LogP contribution in [-0.2, 0) is 0 Å². The van der Waals surface area contributed by atoms with Crippen molar-refractivity contribution in [1.29, 1.82) is 0 Å². The minimum absolute atomic E-state index is 0.176. The molecule has 2 aromatic carbocycles. The standard InChI is InChI=1S/C13H7Cl3O2/c14-10-7-12(16)11(15)6-9(10)13(17)18-8-4-2-1-3-5-8/h1-7H. The van der Waals surface area contributed by atoms with Gasteiger partial charge in [0.1, 0.15) is 5.75 Å². The quantitative estimate of drug-likeness (QED) is 0.449. The molecule has 0 aliphatic heterocycles. The number of hydrogen-bond acceptors (Lipinski definition) is 2. The van der Waals surface area contributed by atoms with Crippen molar-refractivity contribution in [2.75, 3.05) is 0 Å². The second-order valence-corrected chi connectivity index (χ2v) is 4.67. The SMILES string of the molecule is O=C(Oc1ccccc1)c1cc(Cl)c(Cl)cc1Cl. The molecule has 0 atom stereocenters. The first-order valence-corrected chi connectivity index (χ1v) is 6.13. The number of hydrogen-bond donors (Lipinski definition) is 0. The van der Waals surface area contributed by atoms with Crippen LogP contribution in [0, 0.1) is 0 Å². The first-order valence-electron chi connectivity index (χ1n) is 4.99. The van der Waals surface area contributed by atoms with Crippen molar-refractivity contribution in [3.63, 3.8) is 0 Å². The Morgan fingerprint density at radius 1 is 0.889 bits per heavy atom. The normalized spacial score (nSPS) is 10.2. The monoisotopic (exact) mass is 300 g/mol. The highest BCUT2D eigenvalue weighted by Crippen LogP contribution is 2.29. The Morgan fingerprint density at radius 2 is 1.50 bits per heavy atom. The summed E-state index contributed by atoms with van der Waals surface area (Å²) < 4.78 is 5.15. The van der Waals surface area contributed by atoms with Crippen molar-refractivity contribution in [2.45, 2.75) is 0 Å². The fourth-order valence-electron chi connectivity index (χ4n) is 1.33. The minimum atomic E-state index is -0.579. The Hall–Kier alpha value is -1.22. The largest absolute Gasteiger partial charge is 0.423 e. The zero-order valence-corrected chi connectivity index (χ0v) is 11.3. The summed E-state index contributed by atoms with van der Waals surface area (Å²) in [4.78, 5) is 11.9. The summed E-state index contributed by atoms with van der Waals surface area (Å²) in [5, 5.41) is 0.740. The molecule has 0 radical (unpaired) electrons. The van der Waals surface area contributed by atoms with E-state index in [1.54, 1.807) is 24.3 Å². The molecule has 2 aromatic rings. The number of carbonyl (C=O) groups is 1. The van der Waals surface area contributed by atoms with Gasteiger partial charge >= 0.3 is 5.97 Å². The average Bonchev–Trinajstić information content (AvgIpc) is 2.35. The van der Waals surface area contributed by atoms with E-state index in [4.69, 9.17) is 39.5 Å². The molecule has 18 heavy (non-hydrogen) atoms. The molecular formula is C13H7Cl3O2. The Labute approximate surface area is 119 Å². The molecule has 0 N–H and O–H groups in total.